The van der Waals surface area contributed by atoms with E-state index in [9.17, 15) is 18.0 Å². The Morgan fingerprint density at radius 2 is 1.87 bits per heavy atom. The van der Waals surface area contributed by atoms with E-state index in [0.29, 0.717) is 17.0 Å². The average molecular weight is 429 g/mol. The van der Waals surface area contributed by atoms with Crippen LogP contribution >= 0.6 is 0 Å². The number of alkyl halides is 3. The molecule has 31 heavy (non-hydrogen) atoms. The highest BCUT2D eigenvalue weighted by molar-refractivity contribution is 6.03. The van der Waals surface area contributed by atoms with Crippen molar-refractivity contribution >= 4 is 17.6 Å². The van der Waals surface area contributed by atoms with Gasteiger partial charge in [-0.1, -0.05) is 18.2 Å². The number of aromatic nitrogens is 2. The molecule has 2 aromatic carbocycles. The first kappa shape index (κ1) is 20.5. The number of ether oxygens (including phenoxy) is 1. The minimum absolute atomic E-state index is 0.164. The van der Waals surface area contributed by atoms with Gasteiger partial charge in [0.15, 0.2) is 6.17 Å². The third-order valence-corrected chi connectivity index (χ3v) is 4.67. The molecule has 7 nitrogen and oxygen atoms in total. The van der Waals surface area contributed by atoms with Crippen LogP contribution in [0.25, 0.3) is 0 Å². The number of anilines is 2. The van der Waals surface area contributed by atoms with Crippen LogP contribution in [0.3, 0.4) is 0 Å². The summed E-state index contributed by atoms with van der Waals surface area (Å²) in [5, 5.41) is 5.75. The van der Waals surface area contributed by atoms with Crippen molar-refractivity contribution in [1.82, 2.24) is 9.55 Å². The lowest BCUT2D eigenvalue weighted by molar-refractivity contribution is -0.137. The summed E-state index contributed by atoms with van der Waals surface area (Å²) in [4.78, 5) is 21.5. The summed E-state index contributed by atoms with van der Waals surface area (Å²) < 4.78 is 45.7. The molecule has 160 valence electrons. The van der Waals surface area contributed by atoms with Gasteiger partial charge in [-0.15, -0.1) is 0 Å². The minimum Gasteiger partial charge on any atom is -0.497 e. The third-order valence-electron chi connectivity index (χ3n) is 4.67. The summed E-state index contributed by atoms with van der Waals surface area (Å²) in [6.07, 6.45) is -5.24. The SMILES string of the molecule is COc1ccc([C@H]2N=C(Nc3cccc(C(F)(F)F)c3)Nc3nc(C)cc(=O)n32)cc1. The second-order valence-electron chi connectivity index (χ2n) is 6.88. The fourth-order valence-corrected chi connectivity index (χ4v) is 3.22. The predicted octanol–water partition coefficient (Wildman–Crippen LogP) is 4.02. The van der Waals surface area contributed by atoms with Gasteiger partial charge in [-0.2, -0.15) is 13.2 Å². The van der Waals surface area contributed by atoms with Gasteiger partial charge < -0.3 is 10.1 Å². The molecule has 0 saturated carbocycles. The van der Waals surface area contributed by atoms with Crippen molar-refractivity contribution in [2.24, 2.45) is 4.99 Å². The molecular formula is C21H18F3N5O2. The van der Waals surface area contributed by atoms with E-state index in [-0.39, 0.29) is 23.2 Å². The first-order valence-electron chi connectivity index (χ1n) is 9.28. The maximum atomic E-state index is 13.0. The number of aryl methyl sites for hydroxylation is 1. The molecule has 0 radical (unpaired) electrons. The Bertz CT molecular complexity index is 1200. The van der Waals surface area contributed by atoms with E-state index in [2.05, 4.69) is 20.6 Å². The highest BCUT2D eigenvalue weighted by Gasteiger charge is 2.31. The van der Waals surface area contributed by atoms with Crippen molar-refractivity contribution in [2.45, 2.75) is 19.3 Å². The Balaban J connectivity index is 1.75. The fourth-order valence-electron chi connectivity index (χ4n) is 3.22. The summed E-state index contributed by atoms with van der Waals surface area (Å²) in [5.74, 6) is 1.03. The highest BCUT2D eigenvalue weighted by atomic mass is 19.4. The van der Waals surface area contributed by atoms with Crippen LogP contribution in [0.2, 0.25) is 0 Å². The number of nitrogens with one attached hydrogen (secondary N) is 2. The molecule has 2 heterocycles. The summed E-state index contributed by atoms with van der Waals surface area (Å²) in [6, 6.07) is 13.1. The number of benzene rings is 2. The largest absolute Gasteiger partial charge is 0.497 e. The summed E-state index contributed by atoms with van der Waals surface area (Å²) in [5.41, 5.74) is 0.277. The maximum absolute atomic E-state index is 13.0. The van der Waals surface area contributed by atoms with Gasteiger partial charge in [0.2, 0.25) is 11.9 Å². The van der Waals surface area contributed by atoms with Crippen LogP contribution in [0.15, 0.2) is 64.4 Å². The molecule has 0 bridgehead atoms. The maximum Gasteiger partial charge on any atom is 0.416 e. The van der Waals surface area contributed by atoms with E-state index in [0.717, 1.165) is 12.1 Å². The predicted molar refractivity (Wildman–Crippen MR) is 110 cm³/mol. The van der Waals surface area contributed by atoms with Crippen molar-refractivity contribution in [3.63, 3.8) is 0 Å². The topological polar surface area (TPSA) is 80.5 Å². The van der Waals surface area contributed by atoms with E-state index in [1.807, 2.05) is 0 Å². The highest BCUT2D eigenvalue weighted by Crippen LogP contribution is 2.31. The molecule has 0 fully saturated rings. The molecule has 2 N–H and O–H groups in total. The summed E-state index contributed by atoms with van der Waals surface area (Å²) in [7, 11) is 1.54. The molecule has 0 saturated heterocycles. The molecule has 1 aliphatic rings. The van der Waals surface area contributed by atoms with Gasteiger partial charge in [-0.05, 0) is 42.8 Å². The van der Waals surface area contributed by atoms with Gasteiger partial charge in [0, 0.05) is 17.4 Å². The Morgan fingerprint density at radius 1 is 1.13 bits per heavy atom. The van der Waals surface area contributed by atoms with E-state index in [4.69, 9.17) is 4.74 Å². The molecule has 4 rings (SSSR count). The zero-order chi connectivity index (χ0) is 22.2. The number of hydrogen-bond donors (Lipinski definition) is 2. The van der Waals surface area contributed by atoms with Crippen LogP contribution in [-0.4, -0.2) is 22.6 Å². The van der Waals surface area contributed by atoms with Gasteiger partial charge in [0.25, 0.3) is 5.56 Å². The number of methoxy groups -OCH3 is 1. The van der Waals surface area contributed by atoms with Crippen molar-refractivity contribution in [3.05, 3.63) is 81.8 Å². The summed E-state index contributed by atoms with van der Waals surface area (Å²) in [6.45, 7) is 1.68. The van der Waals surface area contributed by atoms with Gasteiger partial charge in [-0.3, -0.25) is 14.7 Å². The van der Waals surface area contributed by atoms with E-state index < -0.39 is 17.9 Å². The molecule has 1 atom stereocenters. The van der Waals surface area contributed by atoms with Crippen LogP contribution in [0, 0.1) is 6.92 Å². The molecule has 10 heteroatoms. The third kappa shape index (κ3) is 4.23. The molecule has 0 unspecified atom stereocenters. The van der Waals surface area contributed by atoms with Gasteiger partial charge in [0.05, 0.1) is 12.7 Å². The van der Waals surface area contributed by atoms with E-state index >= 15 is 0 Å². The van der Waals surface area contributed by atoms with Crippen LogP contribution < -0.4 is 20.9 Å². The number of aliphatic imine (C=N–C) groups is 1. The average Bonchev–Trinajstić information content (AvgIpc) is 2.72. The number of nitrogens with zero attached hydrogens (tertiary/aromatic N) is 3. The zero-order valence-corrected chi connectivity index (χ0v) is 16.6. The van der Waals surface area contributed by atoms with Crippen molar-refractivity contribution in [2.75, 3.05) is 17.7 Å². The number of rotatable bonds is 3. The molecule has 1 aromatic heterocycles. The van der Waals surface area contributed by atoms with Gasteiger partial charge in [0.1, 0.15) is 5.75 Å². The lowest BCUT2D eigenvalue weighted by Gasteiger charge is -2.27. The molecule has 3 aromatic rings. The Kier molecular flexibility index (Phi) is 5.14. The second-order valence-corrected chi connectivity index (χ2v) is 6.88. The van der Waals surface area contributed by atoms with Crippen molar-refractivity contribution < 1.29 is 17.9 Å². The Morgan fingerprint density at radius 3 is 2.55 bits per heavy atom. The van der Waals surface area contributed by atoms with Crippen LogP contribution in [-0.2, 0) is 6.18 Å². The normalized spacial score (nSPS) is 15.5. The number of guanidine groups is 1. The van der Waals surface area contributed by atoms with Crippen LogP contribution in [0.4, 0.5) is 24.8 Å². The zero-order valence-electron chi connectivity index (χ0n) is 16.6. The second kappa shape index (κ2) is 7.78. The van der Waals surface area contributed by atoms with Crippen LogP contribution in [0.1, 0.15) is 23.0 Å². The van der Waals surface area contributed by atoms with Crippen LogP contribution in [0.5, 0.6) is 5.75 Å². The van der Waals surface area contributed by atoms with Gasteiger partial charge >= 0.3 is 6.18 Å². The van der Waals surface area contributed by atoms with Crippen molar-refractivity contribution in [1.29, 1.82) is 0 Å². The monoisotopic (exact) mass is 429 g/mol. The molecule has 1 aliphatic heterocycles. The standard InChI is InChI=1S/C21H18F3N5O2/c1-12-10-17(30)29-18(13-6-8-16(31-2)9-7-13)27-19(28-20(29)25-12)26-15-5-3-4-14(11-15)21(22,23)24/h3-11,18H,1-2H3,(H2,25,26,27,28)/t18-/m0/s1. The van der Waals surface area contributed by atoms with Crippen molar-refractivity contribution in [3.8, 4) is 5.75 Å². The van der Waals surface area contributed by atoms with E-state index in [1.54, 1.807) is 38.3 Å². The fraction of sp³-hybridized carbons (Fsp3) is 0.190. The molecular weight excluding hydrogens is 411 g/mol. The quantitative estimate of drug-likeness (QED) is 0.658. The first-order chi connectivity index (χ1) is 14.7. The minimum atomic E-state index is -4.47. The number of hydrogen-bond acceptors (Lipinski definition) is 6. The number of halogens is 3. The first-order valence-corrected chi connectivity index (χ1v) is 9.28. The lowest BCUT2D eigenvalue weighted by Crippen LogP contribution is -2.37. The van der Waals surface area contributed by atoms with Gasteiger partial charge in [-0.25, -0.2) is 9.98 Å². The van der Waals surface area contributed by atoms with E-state index in [1.165, 1.54) is 22.8 Å². The summed E-state index contributed by atoms with van der Waals surface area (Å²) >= 11 is 0. The smallest absolute Gasteiger partial charge is 0.416 e. The Labute approximate surface area is 175 Å². The lowest BCUT2D eigenvalue weighted by atomic mass is 10.1. The molecule has 0 amide bonds. The Hall–Kier alpha value is -3.82. The molecule has 0 spiro atoms. The number of fused-ring (bicyclic) bond motifs is 1. The molecule has 0 aliphatic carbocycles.